The van der Waals surface area contributed by atoms with Crippen molar-refractivity contribution in [3.63, 3.8) is 0 Å². The van der Waals surface area contributed by atoms with Crippen molar-refractivity contribution < 1.29 is 9.50 Å². The van der Waals surface area contributed by atoms with E-state index >= 15 is 0 Å². The minimum atomic E-state index is -0.350. The molecular formula is C14H17FN2O. The van der Waals surface area contributed by atoms with Crippen molar-refractivity contribution in [1.29, 1.82) is 5.26 Å². The number of benzene rings is 1. The van der Waals surface area contributed by atoms with E-state index in [1.165, 1.54) is 6.07 Å². The van der Waals surface area contributed by atoms with Crippen molar-refractivity contribution in [3.05, 3.63) is 35.1 Å². The topological polar surface area (TPSA) is 47.3 Å². The first-order chi connectivity index (χ1) is 8.61. The molecule has 1 saturated heterocycles. The van der Waals surface area contributed by atoms with Gasteiger partial charge in [-0.25, -0.2) is 4.39 Å². The normalized spacial score (nSPS) is 19.4. The Labute approximate surface area is 106 Å². The Morgan fingerprint density at radius 1 is 1.44 bits per heavy atom. The fourth-order valence-electron chi connectivity index (χ4n) is 2.35. The number of aryl methyl sites for hydroxylation is 1. The van der Waals surface area contributed by atoms with E-state index in [-0.39, 0.29) is 18.0 Å². The van der Waals surface area contributed by atoms with E-state index in [2.05, 4.69) is 6.07 Å². The summed E-state index contributed by atoms with van der Waals surface area (Å²) in [7, 11) is 0. The van der Waals surface area contributed by atoms with E-state index in [1.807, 2.05) is 4.90 Å². The average Bonchev–Trinajstić information content (AvgIpc) is 2.37. The molecule has 0 spiro atoms. The molecule has 18 heavy (non-hydrogen) atoms. The molecule has 96 valence electrons. The lowest BCUT2D eigenvalue weighted by molar-refractivity contribution is 0.0716. The third-order valence-corrected chi connectivity index (χ3v) is 3.48. The summed E-state index contributed by atoms with van der Waals surface area (Å²) < 4.78 is 13.2. The highest BCUT2D eigenvalue weighted by Crippen LogP contribution is 2.25. The number of halogens is 1. The molecule has 3 nitrogen and oxygen atoms in total. The second-order valence-corrected chi connectivity index (χ2v) is 4.81. The first-order valence-corrected chi connectivity index (χ1v) is 6.19. The first kappa shape index (κ1) is 13.0. The Morgan fingerprint density at radius 2 is 2.11 bits per heavy atom. The summed E-state index contributed by atoms with van der Waals surface area (Å²) in [6, 6.07) is 6.73. The molecule has 0 aromatic heterocycles. The summed E-state index contributed by atoms with van der Waals surface area (Å²) in [6.45, 7) is 3.11. The number of rotatable bonds is 2. The maximum atomic E-state index is 13.2. The number of hydrogen-bond donors (Lipinski definition) is 1. The maximum Gasteiger partial charge on any atom is 0.126 e. The van der Waals surface area contributed by atoms with Gasteiger partial charge in [-0.1, -0.05) is 12.1 Å². The SMILES string of the molecule is Cc1cc(C(C#N)N2CCC(O)CC2)ccc1F. The molecular weight excluding hydrogens is 231 g/mol. The van der Waals surface area contributed by atoms with Crippen molar-refractivity contribution in [2.45, 2.75) is 31.9 Å². The van der Waals surface area contributed by atoms with Crippen LogP contribution in [-0.2, 0) is 0 Å². The predicted octanol–water partition coefficient (Wildman–Crippen LogP) is 2.16. The average molecular weight is 248 g/mol. The highest BCUT2D eigenvalue weighted by atomic mass is 19.1. The van der Waals surface area contributed by atoms with Crippen LogP contribution in [0.15, 0.2) is 18.2 Å². The Balaban J connectivity index is 2.18. The number of aliphatic hydroxyl groups excluding tert-OH is 1. The lowest BCUT2D eigenvalue weighted by Gasteiger charge is -2.33. The number of piperidine rings is 1. The minimum Gasteiger partial charge on any atom is -0.393 e. The van der Waals surface area contributed by atoms with Gasteiger partial charge in [-0.3, -0.25) is 4.90 Å². The molecule has 2 rings (SSSR count). The molecule has 1 aromatic carbocycles. The molecule has 1 heterocycles. The van der Waals surface area contributed by atoms with Gasteiger partial charge in [-0.05, 0) is 37.0 Å². The van der Waals surface area contributed by atoms with Gasteiger partial charge in [-0.2, -0.15) is 5.26 Å². The molecule has 1 aliphatic heterocycles. The van der Waals surface area contributed by atoms with Crippen LogP contribution in [0.5, 0.6) is 0 Å². The van der Waals surface area contributed by atoms with Crippen molar-refractivity contribution >= 4 is 0 Å². The Hall–Kier alpha value is -1.44. The van der Waals surface area contributed by atoms with Gasteiger partial charge in [0.1, 0.15) is 11.9 Å². The van der Waals surface area contributed by atoms with E-state index in [1.54, 1.807) is 19.1 Å². The Morgan fingerprint density at radius 3 is 2.67 bits per heavy atom. The van der Waals surface area contributed by atoms with Crippen LogP contribution in [0, 0.1) is 24.1 Å². The second-order valence-electron chi connectivity index (χ2n) is 4.81. The maximum absolute atomic E-state index is 13.2. The minimum absolute atomic E-state index is 0.246. The molecule has 1 fully saturated rings. The van der Waals surface area contributed by atoms with E-state index in [0.29, 0.717) is 31.5 Å². The molecule has 1 N–H and O–H groups in total. The zero-order valence-electron chi connectivity index (χ0n) is 10.4. The standard InChI is InChI=1S/C14H17FN2O/c1-10-8-11(2-3-13(10)15)14(9-16)17-6-4-12(18)5-7-17/h2-3,8,12,14,18H,4-7H2,1H3. The van der Waals surface area contributed by atoms with Crippen LogP contribution in [0.1, 0.15) is 30.0 Å². The molecule has 1 aliphatic rings. The number of nitrogens with zero attached hydrogens (tertiary/aromatic N) is 2. The smallest absolute Gasteiger partial charge is 0.126 e. The van der Waals surface area contributed by atoms with Gasteiger partial charge in [0.25, 0.3) is 0 Å². The molecule has 0 bridgehead atoms. The summed E-state index contributed by atoms with van der Waals surface area (Å²) in [6.07, 6.45) is 1.13. The van der Waals surface area contributed by atoms with Crippen LogP contribution in [-0.4, -0.2) is 29.2 Å². The van der Waals surface area contributed by atoms with Gasteiger partial charge in [0, 0.05) is 13.1 Å². The number of nitriles is 1. The van der Waals surface area contributed by atoms with Gasteiger partial charge in [-0.15, -0.1) is 0 Å². The third kappa shape index (κ3) is 2.69. The van der Waals surface area contributed by atoms with Crippen LogP contribution in [0.25, 0.3) is 0 Å². The Kier molecular flexibility index (Phi) is 3.95. The largest absolute Gasteiger partial charge is 0.393 e. The summed E-state index contributed by atoms with van der Waals surface area (Å²) in [5.74, 6) is -0.246. The lowest BCUT2D eigenvalue weighted by atomic mass is 10.00. The first-order valence-electron chi connectivity index (χ1n) is 6.19. The second kappa shape index (κ2) is 5.47. The molecule has 1 unspecified atom stereocenters. The summed E-state index contributed by atoms with van der Waals surface area (Å²) >= 11 is 0. The number of aliphatic hydroxyl groups is 1. The molecule has 0 aliphatic carbocycles. The van der Waals surface area contributed by atoms with Gasteiger partial charge >= 0.3 is 0 Å². The zero-order chi connectivity index (χ0) is 13.1. The van der Waals surface area contributed by atoms with Gasteiger partial charge in [0.15, 0.2) is 0 Å². The summed E-state index contributed by atoms with van der Waals surface area (Å²) in [5, 5.41) is 18.8. The molecule has 0 amide bonds. The van der Waals surface area contributed by atoms with E-state index in [0.717, 1.165) is 5.56 Å². The molecule has 0 saturated carbocycles. The molecule has 4 heteroatoms. The van der Waals surface area contributed by atoms with Gasteiger partial charge < -0.3 is 5.11 Å². The van der Waals surface area contributed by atoms with Crippen LogP contribution in [0.2, 0.25) is 0 Å². The zero-order valence-corrected chi connectivity index (χ0v) is 10.4. The van der Waals surface area contributed by atoms with Crippen LogP contribution in [0.3, 0.4) is 0 Å². The van der Waals surface area contributed by atoms with Crippen molar-refractivity contribution in [1.82, 2.24) is 4.90 Å². The van der Waals surface area contributed by atoms with Crippen molar-refractivity contribution in [2.75, 3.05) is 13.1 Å². The van der Waals surface area contributed by atoms with Gasteiger partial charge in [0.2, 0.25) is 0 Å². The highest BCUT2D eigenvalue weighted by molar-refractivity contribution is 5.29. The van der Waals surface area contributed by atoms with Crippen LogP contribution in [0.4, 0.5) is 4.39 Å². The lowest BCUT2D eigenvalue weighted by Crippen LogP contribution is -2.38. The fraction of sp³-hybridized carbons (Fsp3) is 0.500. The monoisotopic (exact) mass is 248 g/mol. The molecule has 1 atom stereocenters. The third-order valence-electron chi connectivity index (χ3n) is 3.48. The summed E-state index contributed by atoms with van der Waals surface area (Å²) in [5.41, 5.74) is 1.39. The van der Waals surface area contributed by atoms with Gasteiger partial charge in [0.05, 0.1) is 12.2 Å². The van der Waals surface area contributed by atoms with Crippen LogP contribution >= 0.6 is 0 Å². The molecule has 0 radical (unpaired) electrons. The Bertz CT molecular complexity index is 461. The quantitative estimate of drug-likeness (QED) is 0.872. The van der Waals surface area contributed by atoms with Crippen molar-refractivity contribution in [3.8, 4) is 6.07 Å². The van der Waals surface area contributed by atoms with E-state index in [9.17, 15) is 14.8 Å². The van der Waals surface area contributed by atoms with Crippen molar-refractivity contribution in [2.24, 2.45) is 0 Å². The number of hydrogen-bond acceptors (Lipinski definition) is 3. The fourth-order valence-corrected chi connectivity index (χ4v) is 2.35. The highest BCUT2D eigenvalue weighted by Gasteiger charge is 2.25. The van der Waals surface area contributed by atoms with E-state index < -0.39 is 0 Å². The van der Waals surface area contributed by atoms with Crippen LogP contribution < -0.4 is 0 Å². The molecule has 1 aromatic rings. The predicted molar refractivity (Wildman–Crippen MR) is 66.3 cm³/mol. The number of likely N-dealkylation sites (tertiary alicyclic amines) is 1. The summed E-state index contributed by atoms with van der Waals surface area (Å²) in [4.78, 5) is 2.04. The van der Waals surface area contributed by atoms with E-state index in [4.69, 9.17) is 0 Å².